The molecule has 0 unspecified atom stereocenters. The Balaban J connectivity index is 1.97. The summed E-state index contributed by atoms with van der Waals surface area (Å²) in [7, 11) is 0. The van der Waals surface area contributed by atoms with Crippen LogP contribution >= 0.6 is 0 Å². The Bertz CT molecular complexity index is 1090. The fraction of sp³-hybridized carbons (Fsp3) is 0.185. The lowest BCUT2D eigenvalue weighted by atomic mass is 9.94. The zero-order chi connectivity index (χ0) is 20.1. The van der Waals surface area contributed by atoms with Crippen LogP contribution < -0.4 is 0 Å². The third-order valence-electron chi connectivity index (χ3n) is 4.54. The summed E-state index contributed by atoms with van der Waals surface area (Å²) < 4.78 is 15.2. The Kier molecular flexibility index (Phi) is 5.98. The Hall–Kier alpha value is -3.29. The molecule has 3 aromatic rings. The third-order valence-corrected chi connectivity index (χ3v) is 4.54. The SMILES string of the molecule is Cc1ccc(C#Cc2ccc(C#Cc3ccc(C)cc3)c(C(C)C)c2F)cc1. The van der Waals surface area contributed by atoms with Crippen molar-refractivity contribution in [1.29, 1.82) is 0 Å². The summed E-state index contributed by atoms with van der Waals surface area (Å²) in [5.74, 6) is 12.1. The second-order valence-corrected chi connectivity index (χ2v) is 7.28. The van der Waals surface area contributed by atoms with Crippen molar-refractivity contribution in [3.63, 3.8) is 0 Å². The number of aryl methyl sites for hydroxylation is 2. The highest BCUT2D eigenvalue weighted by atomic mass is 19.1. The summed E-state index contributed by atoms with van der Waals surface area (Å²) in [6.07, 6.45) is 0. The molecule has 0 atom stereocenters. The largest absolute Gasteiger partial charge is 0.205 e. The van der Waals surface area contributed by atoms with Gasteiger partial charge >= 0.3 is 0 Å². The molecule has 1 heteroatoms. The number of rotatable bonds is 1. The summed E-state index contributed by atoms with van der Waals surface area (Å²) >= 11 is 0. The first kappa shape index (κ1) is 19.5. The highest BCUT2D eigenvalue weighted by Crippen LogP contribution is 2.25. The van der Waals surface area contributed by atoms with Gasteiger partial charge in [-0.1, -0.05) is 72.9 Å². The number of benzene rings is 3. The van der Waals surface area contributed by atoms with Crippen LogP contribution in [0.25, 0.3) is 0 Å². The first-order valence-corrected chi connectivity index (χ1v) is 9.44. The second kappa shape index (κ2) is 8.60. The average molecular weight is 366 g/mol. The van der Waals surface area contributed by atoms with Gasteiger partial charge in [0.2, 0.25) is 0 Å². The summed E-state index contributed by atoms with van der Waals surface area (Å²) in [5.41, 5.74) is 5.91. The molecule has 28 heavy (non-hydrogen) atoms. The van der Waals surface area contributed by atoms with Gasteiger partial charge in [-0.25, -0.2) is 4.39 Å². The highest BCUT2D eigenvalue weighted by molar-refractivity contribution is 5.53. The normalized spacial score (nSPS) is 10.1. The first-order valence-electron chi connectivity index (χ1n) is 9.44. The lowest BCUT2D eigenvalue weighted by Crippen LogP contribution is -2.00. The molecule has 0 saturated heterocycles. The van der Waals surface area contributed by atoms with E-state index >= 15 is 4.39 Å². The highest BCUT2D eigenvalue weighted by Gasteiger charge is 2.14. The lowest BCUT2D eigenvalue weighted by molar-refractivity contribution is 0.594. The maximum atomic E-state index is 15.2. The van der Waals surface area contributed by atoms with Crippen LogP contribution in [0, 0.1) is 43.3 Å². The van der Waals surface area contributed by atoms with E-state index in [0.717, 1.165) is 11.1 Å². The van der Waals surface area contributed by atoms with Crippen LogP contribution in [-0.4, -0.2) is 0 Å². The van der Waals surface area contributed by atoms with Crippen molar-refractivity contribution in [1.82, 2.24) is 0 Å². The van der Waals surface area contributed by atoms with E-state index in [9.17, 15) is 0 Å². The van der Waals surface area contributed by atoms with Crippen LogP contribution in [0.5, 0.6) is 0 Å². The molecule has 0 amide bonds. The van der Waals surface area contributed by atoms with Gasteiger partial charge in [-0.05, 0) is 56.2 Å². The van der Waals surface area contributed by atoms with Crippen molar-refractivity contribution in [2.24, 2.45) is 0 Å². The maximum Gasteiger partial charge on any atom is 0.143 e. The van der Waals surface area contributed by atoms with Gasteiger partial charge in [-0.3, -0.25) is 0 Å². The van der Waals surface area contributed by atoms with Gasteiger partial charge in [0.25, 0.3) is 0 Å². The Labute approximate surface area is 167 Å². The molecule has 0 aromatic heterocycles. The molecule has 0 heterocycles. The minimum atomic E-state index is -0.273. The van der Waals surface area contributed by atoms with Crippen molar-refractivity contribution < 1.29 is 4.39 Å². The van der Waals surface area contributed by atoms with Crippen molar-refractivity contribution in [2.45, 2.75) is 33.6 Å². The molecule has 0 radical (unpaired) electrons. The van der Waals surface area contributed by atoms with E-state index in [4.69, 9.17) is 0 Å². The third kappa shape index (κ3) is 4.70. The van der Waals surface area contributed by atoms with Gasteiger partial charge in [0.1, 0.15) is 5.82 Å². The molecule has 3 aromatic carbocycles. The van der Waals surface area contributed by atoms with Crippen LogP contribution in [0.4, 0.5) is 4.39 Å². The fourth-order valence-corrected chi connectivity index (χ4v) is 2.92. The van der Waals surface area contributed by atoms with Crippen molar-refractivity contribution >= 4 is 0 Å². The summed E-state index contributed by atoms with van der Waals surface area (Å²) in [6.45, 7) is 8.03. The van der Waals surface area contributed by atoms with E-state index in [2.05, 4.69) is 23.7 Å². The van der Waals surface area contributed by atoms with Crippen molar-refractivity contribution in [2.75, 3.05) is 0 Å². The number of halogens is 1. The quantitative estimate of drug-likeness (QED) is 0.439. The molecule has 0 fully saturated rings. The number of hydrogen-bond acceptors (Lipinski definition) is 0. The standard InChI is InChI=1S/C27H23F/c1-19(2)26-24(15-13-22-9-5-20(3)6-10-22)17-18-25(27(26)28)16-14-23-11-7-21(4)8-12-23/h5-12,17-19H,1-4H3. The Morgan fingerprint density at radius 1 is 0.607 bits per heavy atom. The van der Waals surface area contributed by atoms with Crippen LogP contribution in [-0.2, 0) is 0 Å². The van der Waals surface area contributed by atoms with Gasteiger partial charge in [0, 0.05) is 22.3 Å². The van der Waals surface area contributed by atoms with Gasteiger partial charge in [-0.15, -0.1) is 0 Å². The van der Waals surface area contributed by atoms with E-state index in [1.165, 1.54) is 11.1 Å². The number of hydrogen-bond donors (Lipinski definition) is 0. The van der Waals surface area contributed by atoms with E-state index in [0.29, 0.717) is 16.7 Å². The van der Waals surface area contributed by atoms with Crippen LogP contribution in [0.1, 0.15) is 58.7 Å². The minimum Gasteiger partial charge on any atom is -0.205 e. The molecule has 138 valence electrons. The zero-order valence-corrected chi connectivity index (χ0v) is 16.7. The predicted molar refractivity (Wildman–Crippen MR) is 115 cm³/mol. The smallest absolute Gasteiger partial charge is 0.143 e. The monoisotopic (exact) mass is 366 g/mol. The molecular weight excluding hydrogens is 343 g/mol. The minimum absolute atomic E-state index is 0.0171. The summed E-state index contributed by atoms with van der Waals surface area (Å²) in [5, 5.41) is 0. The van der Waals surface area contributed by atoms with E-state index in [-0.39, 0.29) is 11.7 Å². The maximum absolute atomic E-state index is 15.2. The molecule has 3 rings (SSSR count). The van der Waals surface area contributed by atoms with Gasteiger partial charge < -0.3 is 0 Å². The van der Waals surface area contributed by atoms with Gasteiger partial charge in [0.05, 0.1) is 5.56 Å². The summed E-state index contributed by atoms with van der Waals surface area (Å²) in [4.78, 5) is 0. The molecule has 0 aliphatic carbocycles. The average Bonchev–Trinajstić information content (AvgIpc) is 2.67. The van der Waals surface area contributed by atoms with Crippen LogP contribution in [0.2, 0.25) is 0 Å². The van der Waals surface area contributed by atoms with Crippen molar-refractivity contribution in [3.8, 4) is 23.7 Å². The van der Waals surface area contributed by atoms with Gasteiger partial charge in [-0.2, -0.15) is 0 Å². The molecule has 0 nitrogen and oxygen atoms in total. The fourth-order valence-electron chi connectivity index (χ4n) is 2.92. The van der Waals surface area contributed by atoms with Crippen molar-refractivity contribution in [3.05, 3.63) is 105 Å². The van der Waals surface area contributed by atoms with Gasteiger partial charge in [0.15, 0.2) is 0 Å². The predicted octanol–water partition coefficient (Wildman–Crippen LogP) is 6.37. The van der Waals surface area contributed by atoms with Crippen LogP contribution in [0.15, 0.2) is 60.7 Å². The van der Waals surface area contributed by atoms with E-state index in [1.807, 2.05) is 82.3 Å². The van der Waals surface area contributed by atoms with E-state index < -0.39 is 0 Å². The molecule has 0 aliphatic rings. The Morgan fingerprint density at radius 3 is 1.50 bits per heavy atom. The zero-order valence-electron chi connectivity index (χ0n) is 16.7. The molecule has 0 aliphatic heterocycles. The molecule has 0 bridgehead atoms. The molecule has 0 N–H and O–H groups in total. The second-order valence-electron chi connectivity index (χ2n) is 7.28. The molecule has 0 saturated carbocycles. The lowest BCUT2D eigenvalue weighted by Gasteiger charge is -2.11. The first-order chi connectivity index (χ1) is 13.4. The van der Waals surface area contributed by atoms with Crippen LogP contribution in [0.3, 0.4) is 0 Å². The Morgan fingerprint density at radius 2 is 1.04 bits per heavy atom. The molecular formula is C27H23F. The van der Waals surface area contributed by atoms with E-state index in [1.54, 1.807) is 6.07 Å². The molecule has 0 spiro atoms. The topological polar surface area (TPSA) is 0 Å². The summed E-state index contributed by atoms with van der Waals surface area (Å²) in [6, 6.07) is 19.5.